The Hall–Kier alpha value is -4.59. The molecular formula is C30H32N6O2. The second kappa shape index (κ2) is 13.1. The van der Waals surface area contributed by atoms with Crippen molar-refractivity contribution in [2.45, 2.75) is 33.1 Å². The van der Waals surface area contributed by atoms with E-state index in [1.165, 1.54) is 0 Å². The van der Waals surface area contributed by atoms with E-state index in [0.29, 0.717) is 17.8 Å². The molecule has 1 atom stereocenters. The van der Waals surface area contributed by atoms with Gasteiger partial charge in [0.25, 0.3) is 5.91 Å². The topological polar surface area (TPSA) is 108 Å². The number of nitroso groups, excluding NO2 is 1. The highest BCUT2D eigenvalue weighted by atomic mass is 16.3. The van der Waals surface area contributed by atoms with Gasteiger partial charge in [-0.25, -0.2) is 0 Å². The molecule has 8 heteroatoms. The van der Waals surface area contributed by atoms with Gasteiger partial charge in [0, 0.05) is 58.3 Å². The number of fused-ring (bicyclic) bond motifs is 1. The number of benzene rings is 2. The number of carbonyl (C=O) groups excluding carboxylic acids is 1. The Bertz CT molecular complexity index is 1360. The predicted octanol–water partition coefficient (Wildman–Crippen LogP) is 7.11. The Morgan fingerprint density at radius 2 is 1.63 bits per heavy atom. The van der Waals surface area contributed by atoms with Crippen molar-refractivity contribution in [3.05, 3.63) is 107 Å². The van der Waals surface area contributed by atoms with E-state index in [0.717, 1.165) is 53.3 Å². The Balaban J connectivity index is 0.00000164. The number of anilines is 5. The van der Waals surface area contributed by atoms with Gasteiger partial charge in [-0.1, -0.05) is 25.1 Å². The minimum absolute atomic E-state index is 0.192. The summed E-state index contributed by atoms with van der Waals surface area (Å²) in [5, 5.41) is 12.8. The lowest BCUT2D eigenvalue weighted by Crippen LogP contribution is -2.19. The molecule has 0 spiro atoms. The van der Waals surface area contributed by atoms with Gasteiger partial charge < -0.3 is 16.0 Å². The van der Waals surface area contributed by atoms with Gasteiger partial charge in [0.2, 0.25) is 0 Å². The number of aryl methyl sites for hydroxylation is 1. The zero-order chi connectivity index (χ0) is 26.7. The maximum Gasteiger partial charge on any atom is 0.255 e. The summed E-state index contributed by atoms with van der Waals surface area (Å²) in [6, 6.07) is 20.6. The van der Waals surface area contributed by atoms with Crippen LogP contribution in [0.15, 0.2) is 90.5 Å². The normalized spacial score (nSPS) is 13.8. The van der Waals surface area contributed by atoms with Crippen LogP contribution in [0, 0.1) is 10.8 Å². The zero-order valence-corrected chi connectivity index (χ0v) is 21.6. The fourth-order valence-electron chi connectivity index (χ4n) is 4.42. The van der Waals surface area contributed by atoms with E-state index in [1.807, 2.05) is 74.5 Å². The summed E-state index contributed by atoms with van der Waals surface area (Å²) in [5.74, 6) is 0.0468. The fraction of sp³-hybridized carbons (Fsp3) is 0.233. The van der Waals surface area contributed by atoms with E-state index in [1.54, 1.807) is 24.7 Å². The first-order valence-corrected chi connectivity index (χ1v) is 12.9. The van der Waals surface area contributed by atoms with Crippen molar-refractivity contribution in [3.63, 3.8) is 0 Å². The molecule has 1 amide bonds. The minimum atomic E-state index is -0.192. The lowest BCUT2D eigenvalue weighted by atomic mass is 9.86. The number of pyridine rings is 2. The third-order valence-electron chi connectivity index (χ3n) is 6.28. The molecule has 1 unspecified atom stereocenters. The summed E-state index contributed by atoms with van der Waals surface area (Å²) >= 11 is 0. The van der Waals surface area contributed by atoms with Gasteiger partial charge in [0.1, 0.15) is 0 Å². The van der Waals surface area contributed by atoms with Crippen LogP contribution < -0.4 is 16.0 Å². The molecule has 2 heterocycles. The summed E-state index contributed by atoms with van der Waals surface area (Å²) < 4.78 is 0. The highest BCUT2D eigenvalue weighted by Crippen LogP contribution is 2.32. The van der Waals surface area contributed by atoms with Crippen molar-refractivity contribution in [3.8, 4) is 0 Å². The molecule has 3 N–H and O–H groups in total. The molecule has 2 aromatic heterocycles. The highest BCUT2D eigenvalue weighted by molar-refractivity contribution is 6.05. The maximum absolute atomic E-state index is 12.9. The first-order chi connectivity index (χ1) is 18.7. The molecule has 2 aromatic carbocycles. The van der Waals surface area contributed by atoms with Crippen molar-refractivity contribution in [1.82, 2.24) is 9.97 Å². The summed E-state index contributed by atoms with van der Waals surface area (Å²) in [6.07, 6.45) is 7.78. The Morgan fingerprint density at radius 1 is 0.895 bits per heavy atom. The molecule has 0 saturated heterocycles. The SMILES string of the molecule is CC.O=NCC1CCc2nccc(Nc3cccc(C(=O)Nc4ccc(Nc5ccncc5)cc4)c3)c2C1. The van der Waals surface area contributed by atoms with Gasteiger partial charge in [-0.2, -0.15) is 4.91 Å². The first kappa shape index (κ1) is 26.5. The van der Waals surface area contributed by atoms with Crippen molar-refractivity contribution in [2.24, 2.45) is 11.1 Å². The van der Waals surface area contributed by atoms with Gasteiger partial charge >= 0.3 is 0 Å². The van der Waals surface area contributed by atoms with Gasteiger partial charge in [0.05, 0.1) is 6.54 Å². The lowest BCUT2D eigenvalue weighted by Gasteiger charge is -2.24. The molecule has 5 rings (SSSR count). The fourth-order valence-corrected chi connectivity index (χ4v) is 4.42. The van der Waals surface area contributed by atoms with E-state index < -0.39 is 0 Å². The number of amides is 1. The average molecular weight is 509 g/mol. The van der Waals surface area contributed by atoms with E-state index in [-0.39, 0.29) is 11.8 Å². The highest BCUT2D eigenvalue weighted by Gasteiger charge is 2.22. The number of carbonyl (C=O) groups is 1. The molecule has 38 heavy (non-hydrogen) atoms. The third-order valence-corrected chi connectivity index (χ3v) is 6.28. The van der Waals surface area contributed by atoms with Crippen LogP contribution >= 0.6 is 0 Å². The van der Waals surface area contributed by atoms with Crippen molar-refractivity contribution < 1.29 is 4.79 Å². The summed E-state index contributed by atoms with van der Waals surface area (Å²) in [6.45, 7) is 4.32. The van der Waals surface area contributed by atoms with E-state index in [9.17, 15) is 9.70 Å². The smallest absolute Gasteiger partial charge is 0.255 e. The molecule has 4 aromatic rings. The lowest BCUT2D eigenvalue weighted by molar-refractivity contribution is 0.102. The number of hydrogen-bond acceptors (Lipinski definition) is 7. The molecular weight excluding hydrogens is 476 g/mol. The largest absolute Gasteiger partial charge is 0.355 e. The molecule has 0 fully saturated rings. The summed E-state index contributed by atoms with van der Waals surface area (Å²) in [4.78, 5) is 32.2. The monoisotopic (exact) mass is 508 g/mol. The maximum atomic E-state index is 12.9. The molecule has 194 valence electrons. The van der Waals surface area contributed by atoms with Crippen molar-refractivity contribution in [2.75, 3.05) is 22.5 Å². The Labute approximate surface area is 222 Å². The first-order valence-electron chi connectivity index (χ1n) is 12.9. The van der Waals surface area contributed by atoms with Crippen LogP contribution in [0.3, 0.4) is 0 Å². The van der Waals surface area contributed by atoms with E-state index in [2.05, 4.69) is 31.1 Å². The molecule has 0 radical (unpaired) electrons. The number of nitrogens with one attached hydrogen (secondary N) is 3. The van der Waals surface area contributed by atoms with Crippen LogP contribution in [-0.2, 0) is 12.8 Å². The summed E-state index contributed by atoms with van der Waals surface area (Å²) in [5.41, 5.74) is 7.04. The van der Waals surface area contributed by atoms with Gasteiger partial charge in [-0.05, 0) is 91.4 Å². The van der Waals surface area contributed by atoms with Crippen LogP contribution in [0.25, 0.3) is 0 Å². The molecule has 8 nitrogen and oxygen atoms in total. The zero-order valence-electron chi connectivity index (χ0n) is 21.6. The molecule has 0 bridgehead atoms. The Morgan fingerprint density at radius 3 is 2.39 bits per heavy atom. The molecule has 0 aliphatic heterocycles. The number of hydrogen-bond donors (Lipinski definition) is 3. The average Bonchev–Trinajstić information content (AvgIpc) is 2.96. The van der Waals surface area contributed by atoms with E-state index in [4.69, 9.17) is 0 Å². The number of rotatable bonds is 8. The summed E-state index contributed by atoms with van der Waals surface area (Å²) in [7, 11) is 0. The standard InChI is InChI=1S/C28H26N6O2.C2H6/c35-28(34-22-7-5-21(6-8-22)32-23-10-13-29-14-11-23)20-2-1-3-24(17-20)33-27-12-15-30-26-9-4-19(18-31-36)16-25(26)27;1-2/h1-3,5-8,10-15,17,19H,4,9,16,18H2,(H,29,32)(H,30,33)(H,34,35);1-2H3. The predicted molar refractivity (Wildman–Crippen MR) is 153 cm³/mol. The number of nitrogens with zero attached hydrogens (tertiary/aromatic N) is 3. The van der Waals surface area contributed by atoms with Gasteiger partial charge in [-0.15, -0.1) is 0 Å². The quantitative estimate of drug-likeness (QED) is 0.219. The van der Waals surface area contributed by atoms with Crippen LogP contribution in [0.1, 0.15) is 41.9 Å². The van der Waals surface area contributed by atoms with Crippen LogP contribution in [0.2, 0.25) is 0 Å². The van der Waals surface area contributed by atoms with E-state index >= 15 is 0 Å². The van der Waals surface area contributed by atoms with Crippen LogP contribution in [0.5, 0.6) is 0 Å². The van der Waals surface area contributed by atoms with Crippen LogP contribution in [-0.4, -0.2) is 22.4 Å². The third kappa shape index (κ3) is 6.79. The van der Waals surface area contributed by atoms with Crippen LogP contribution in [0.4, 0.5) is 28.4 Å². The molecule has 1 aliphatic rings. The Kier molecular flexibility index (Phi) is 9.12. The van der Waals surface area contributed by atoms with Gasteiger partial charge in [-0.3, -0.25) is 14.8 Å². The van der Waals surface area contributed by atoms with Crippen molar-refractivity contribution >= 4 is 34.3 Å². The second-order valence-corrected chi connectivity index (χ2v) is 8.80. The number of aromatic nitrogens is 2. The minimum Gasteiger partial charge on any atom is -0.355 e. The molecule has 1 aliphatic carbocycles. The van der Waals surface area contributed by atoms with Crippen molar-refractivity contribution in [1.29, 1.82) is 0 Å². The van der Waals surface area contributed by atoms with Gasteiger partial charge in [0.15, 0.2) is 0 Å². The molecule has 0 saturated carbocycles. The second-order valence-electron chi connectivity index (χ2n) is 8.80.